The maximum Gasteiger partial charge on any atom is 0.243 e. The third kappa shape index (κ3) is 5.15. The Kier molecular flexibility index (Phi) is 6.81. The molecule has 1 aliphatic heterocycles. The number of amides is 2. The van der Waals surface area contributed by atoms with E-state index in [1.807, 2.05) is 13.8 Å². The van der Waals surface area contributed by atoms with Crippen molar-refractivity contribution >= 4 is 49.4 Å². The number of carbonyl (C=O) groups excluding carboxylic acids is 2. The Morgan fingerprint density at radius 3 is 2.63 bits per heavy atom. The second-order valence-electron chi connectivity index (χ2n) is 8.38. The lowest BCUT2D eigenvalue weighted by Gasteiger charge is -2.19. The van der Waals surface area contributed by atoms with Gasteiger partial charge in [-0.15, -0.1) is 0 Å². The summed E-state index contributed by atoms with van der Waals surface area (Å²) in [5.41, 5.74) is -0.347. The van der Waals surface area contributed by atoms with Gasteiger partial charge in [-0.25, -0.2) is 17.5 Å². The van der Waals surface area contributed by atoms with E-state index in [2.05, 4.69) is 26.0 Å². The molecule has 7 nitrogen and oxygen atoms in total. The maximum atomic E-state index is 14.3. The zero-order valence-electron chi connectivity index (χ0n) is 16.7. The van der Waals surface area contributed by atoms with Crippen LogP contribution in [-0.4, -0.2) is 50.8 Å². The normalized spacial score (nSPS) is 20.1. The van der Waals surface area contributed by atoms with Crippen LogP contribution >= 0.6 is 27.5 Å². The molecule has 0 unspecified atom stereocenters. The fraction of sp³-hybridized carbons (Fsp3) is 0.579. The molecule has 1 aromatic rings. The highest BCUT2D eigenvalue weighted by Gasteiger charge is 2.57. The van der Waals surface area contributed by atoms with Crippen LogP contribution in [0.3, 0.4) is 0 Å². The fourth-order valence-electron chi connectivity index (χ4n) is 3.68. The number of halogens is 3. The smallest absolute Gasteiger partial charge is 0.243 e. The first-order chi connectivity index (χ1) is 13.9. The van der Waals surface area contributed by atoms with E-state index in [4.69, 9.17) is 11.6 Å². The molecule has 2 fully saturated rings. The van der Waals surface area contributed by atoms with Gasteiger partial charge in [-0.05, 0) is 46.8 Å². The molecule has 3 rings (SSSR count). The molecule has 1 saturated heterocycles. The van der Waals surface area contributed by atoms with Crippen LogP contribution in [0.1, 0.15) is 33.1 Å². The number of nitrogens with zero attached hydrogens (tertiary/aromatic N) is 1. The summed E-state index contributed by atoms with van der Waals surface area (Å²) >= 11 is 9.00. The quantitative estimate of drug-likeness (QED) is 0.536. The number of rotatable bonds is 7. The molecule has 0 bridgehead atoms. The standard InChI is InChI=1S/C19H24BrClFN3O4S/c1-11(2)5-17(26)23-8-18(27)25-9-16(19(10-25)3-4-19)24-30(28,29)15-7-13(21)12(20)6-14(15)22/h6-7,11,16,24H,3-5,8-10H2,1-2H3,(H,23,26)/t16-/m1/s1. The van der Waals surface area contributed by atoms with E-state index >= 15 is 0 Å². The average molecular weight is 525 g/mol. The SMILES string of the molecule is CC(C)CC(=O)NCC(=O)N1C[C@@H](NS(=O)(=O)c2cc(Cl)c(Br)cc2F)C2(CC2)C1. The molecule has 2 aliphatic rings. The monoisotopic (exact) mass is 523 g/mol. The van der Waals surface area contributed by atoms with Crippen molar-refractivity contribution in [1.82, 2.24) is 14.9 Å². The zero-order valence-corrected chi connectivity index (χ0v) is 19.8. The molecule has 1 aromatic carbocycles. The van der Waals surface area contributed by atoms with Gasteiger partial charge in [0.1, 0.15) is 10.7 Å². The molecule has 1 heterocycles. The number of likely N-dealkylation sites (tertiary alicyclic amines) is 1. The van der Waals surface area contributed by atoms with Crippen LogP contribution in [0, 0.1) is 17.2 Å². The van der Waals surface area contributed by atoms with Gasteiger partial charge in [0.2, 0.25) is 21.8 Å². The summed E-state index contributed by atoms with van der Waals surface area (Å²) in [6, 6.07) is 1.54. The predicted molar refractivity (Wildman–Crippen MR) is 114 cm³/mol. The van der Waals surface area contributed by atoms with Crippen molar-refractivity contribution in [3.63, 3.8) is 0 Å². The lowest BCUT2D eigenvalue weighted by molar-refractivity contribution is -0.132. The van der Waals surface area contributed by atoms with Crippen molar-refractivity contribution < 1.29 is 22.4 Å². The second-order valence-corrected chi connectivity index (χ2v) is 11.3. The van der Waals surface area contributed by atoms with Crippen LogP contribution in [-0.2, 0) is 19.6 Å². The maximum absolute atomic E-state index is 14.3. The van der Waals surface area contributed by atoms with Gasteiger partial charge < -0.3 is 10.2 Å². The van der Waals surface area contributed by atoms with Crippen LogP contribution in [0.4, 0.5) is 4.39 Å². The third-order valence-corrected chi connectivity index (χ3v) is 8.17. The van der Waals surface area contributed by atoms with Crippen molar-refractivity contribution in [3.05, 3.63) is 27.4 Å². The minimum absolute atomic E-state index is 0.0817. The highest BCUT2D eigenvalue weighted by molar-refractivity contribution is 9.10. The molecule has 2 amide bonds. The molecular weight excluding hydrogens is 501 g/mol. The highest BCUT2D eigenvalue weighted by atomic mass is 79.9. The fourth-order valence-corrected chi connectivity index (χ4v) is 5.64. The van der Waals surface area contributed by atoms with Crippen molar-refractivity contribution in [1.29, 1.82) is 0 Å². The Morgan fingerprint density at radius 1 is 1.37 bits per heavy atom. The van der Waals surface area contributed by atoms with Crippen molar-refractivity contribution in [3.8, 4) is 0 Å². The van der Waals surface area contributed by atoms with Crippen molar-refractivity contribution in [2.45, 2.75) is 44.0 Å². The Labute approximate surface area is 188 Å². The van der Waals surface area contributed by atoms with Gasteiger partial charge in [0.25, 0.3) is 0 Å². The summed E-state index contributed by atoms with van der Waals surface area (Å²) in [5.74, 6) is -1.19. The van der Waals surface area contributed by atoms with E-state index in [1.165, 1.54) is 0 Å². The number of sulfonamides is 1. The minimum Gasteiger partial charge on any atom is -0.347 e. The molecule has 2 N–H and O–H groups in total. The zero-order chi connectivity index (χ0) is 22.3. The molecule has 11 heteroatoms. The Morgan fingerprint density at radius 2 is 2.03 bits per heavy atom. The lowest BCUT2D eigenvalue weighted by Crippen LogP contribution is -2.43. The largest absolute Gasteiger partial charge is 0.347 e. The van der Waals surface area contributed by atoms with E-state index in [9.17, 15) is 22.4 Å². The van der Waals surface area contributed by atoms with Gasteiger partial charge in [0, 0.05) is 35.4 Å². The van der Waals surface area contributed by atoms with Crippen molar-refractivity contribution in [2.24, 2.45) is 11.3 Å². The topological polar surface area (TPSA) is 95.6 Å². The summed E-state index contributed by atoms with van der Waals surface area (Å²) in [6.45, 7) is 4.28. The molecule has 1 saturated carbocycles. The van der Waals surface area contributed by atoms with Gasteiger partial charge in [-0.1, -0.05) is 25.4 Å². The van der Waals surface area contributed by atoms with Gasteiger partial charge in [-0.2, -0.15) is 0 Å². The molecule has 0 aromatic heterocycles. The first-order valence-corrected chi connectivity index (χ1v) is 12.3. The molecule has 1 spiro atoms. The van der Waals surface area contributed by atoms with Crippen LogP contribution < -0.4 is 10.0 Å². The van der Waals surface area contributed by atoms with Crippen molar-refractivity contribution in [2.75, 3.05) is 19.6 Å². The van der Waals surface area contributed by atoms with E-state index in [1.54, 1.807) is 4.90 Å². The molecule has 1 atom stereocenters. The van der Waals surface area contributed by atoms with Gasteiger partial charge in [0.05, 0.1) is 11.6 Å². The number of hydrogen-bond acceptors (Lipinski definition) is 4. The number of hydrogen-bond donors (Lipinski definition) is 2. The third-order valence-electron chi connectivity index (χ3n) is 5.49. The van der Waals surface area contributed by atoms with Crippen LogP contribution in [0.25, 0.3) is 0 Å². The molecule has 1 aliphatic carbocycles. The Bertz CT molecular complexity index is 969. The van der Waals surface area contributed by atoms with Crippen LogP contribution in [0.15, 0.2) is 21.5 Å². The summed E-state index contributed by atoms with van der Waals surface area (Å²) < 4.78 is 42.7. The first kappa shape index (κ1) is 23.4. The van der Waals surface area contributed by atoms with E-state index in [0.29, 0.717) is 13.0 Å². The molecule has 166 valence electrons. The highest BCUT2D eigenvalue weighted by Crippen LogP contribution is 2.53. The number of benzene rings is 1. The molecular formula is C19H24BrClFN3O4S. The lowest BCUT2D eigenvalue weighted by atomic mass is 10.0. The van der Waals surface area contributed by atoms with E-state index in [0.717, 1.165) is 25.0 Å². The Balaban J connectivity index is 1.67. The molecule has 30 heavy (non-hydrogen) atoms. The van der Waals surface area contributed by atoms with Gasteiger partial charge in [-0.3, -0.25) is 9.59 Å². The van der Waals surface area contributed by atoms with Crippen LogP contribution in [0.5, 0.6) is 0 Å². The summed E-state index contributed by atoms with van der Waals surface area (Å²) in [7, 11) is -4.17. The number of nitrogens with one attached hydrogen (secondary N) is 2. The van der Waals surface area contributed by atoms with E-state index in [-0.39, 0.29) is 45.7 Å². The summed E-state index contributed by atoms with van der Waals surface area (Å²) in [5, 5.41) is 2.69. The van der Waals surface area contributed by atoms with Gasteiger partial charge >= 0.3 is 0 Å². The Hall–Kier alpha value is -1.23. The summed E-state index contributed by atoms with van der Waals surface area (Å²) in [6.07, 6.45) is 1.88. The minimum atomic E-state index is -4.17. The second kappa shape index (κ2) is 8.72. The van der Waals surface area contributed by atoms with Gasteiger partial charge in [0.15, 0.2) is 0 Å². The molecule has 0 radical (unpaired) electrons. The predicted octanol–water partition coefficient (Wildman–Crippen LogP) is 2.67. The van der Waals surface area contributed by atoms with Crippen LogP contribution in [0.2, 0.25) is 5.02 Å². The average Bonchev–Trinajstić information content (AvgIpc) is 3.32. The van der Waals surface area contributed by atoms with E-state index < -0.39 is 26.8 Å². The number of carbonyl (C=O) groups is 2. The first-order valence-electron chi connectivity index (χ1n) is 9.65. The summed E-state index contributed by atoms with van der Waals surface area (Å²) in [4.78, 5) is 25.3.